The monoisotopic (exact) mass is 260 g/mol. The number of nitrogens with one attached hydrogen (secondary N) is 1. The third-order valence-corrected chi connectivity index (χ3v) is 3.98. The Balaban J connectivity index is 1.89. The molecule has 1 atom stereocenters. The van der Waals surface area contributed by atoms with Crippen LogP contribution in [-0.4, -0.2) is 31.1 Å². The zero-order chi connectivity index (χ0) is 13.5. The molecule has 2 heteroatoms. The summed E-state index contributed by atoms with van der Waals surface area (Å²) in [7, 11) is 0. The van der Waals surface area contributed by atoms with Gasteiger partial charge in [0.25, 0.3) is 0 Å². The fraction of sp³-hybridized carbons (Fsp3) is 0.647. The van der Waals surface area contributed by atoms with E-state index in [4.69, 9.17) is 0 Å². The van der Waals surface area contributed by atoms with Crippen molar-refractivity contribution in [3.05, 3.63) is 35.4 Å². The van der Waals surface area contributed by atoms with Gasteiger partial charge in [0, 0.05) is 13.1 Å². The normalized spacial score (nSPS) is 19.8. The third-order valence-electron chi connectivity index (χ3n) is 3.98. The Bertz CT molecular complexity index is 352. The highest BCUT2D eigenvalue weighted by molar-refractivity contribution is 5.21. The van der Waals surface area contributed by atoms with E-state index in [2.05, 4.69) is 48.3 Å². The SMILES string of the molecule is CCCN(Cc1ccc(C)cc1)CC1CCCNC1. The molecule has 0 radical (unpaired) electrons. The van der Waals surface area contributed by atoms with Crippen LogP contribution in [0.5, 0.6) is 0 Å². The standard InChI is InChI=1S/C17H28N2/c1-3-11-19(14-17-5-4-10-18-12-17)13-16-8-6-15(2)7-9-16/h6-9,17-18H,3-5,10-14H2,1-2H3. The van der Waals surface area contributed by atoms with Gasteiger partial charge in [-0.15, -0.1) is 0 Å². The van der Waals surface area contributed by atoms with Crippen LogP contribution >= 0.6 is 0 Å². The fourth-order valence-corrected chi connectivity index (χ4v) is 2.95. The van der Waals surface area contributed by atoms with Gasteiger partial charge in [0.05, 0.1) is 0 Å². The van der Waals surface area contributed by atoms with Gasteiger partial charge >= 0.3 is 0 Å². The number of aryl methyl sites for hydroxylation is 1. The molecule has 1 fully saturated rings. The van der Waals surface area contributed by atoms with Crippen LogP contribution in [-0.2, 0) is 6.54 Å². The van der Waals surface area contributed by atoms with Gasteiger partial charge in [0.15, 0.2) is 0 Å². The zero-order valence-corrected chi connectivity index (χ0v) is 12.5. The molecule has 2 nitrogen and oxygen atoms in total. The van der Waals surface area contributed by atoms with E-state index in [0.29, 0.717) is 0 Å². The molecular weight excluding hydrogens is 232 g/mol. The Labute approximate surface area is 118 Å². The van der Waals surface area contributed by atoms with Gasteiger partial charge in [-0.25, -0.2) is 0 Å². The highest BCUT2D eigenvalue weighted by atomic mass is 15.1. The topological polar surface area (TPSA) is 15.3 Å². The Morgan fingerprint density at radius 2 is 2.05 bits per heavy atom. The molecule has 0 aliphatic carbocycles. The van der Waals surface area contributed by atoms with E-state index in [1.165, 1.54) is 56.6 Å². The molecule has 1 heterocycles. The predicted octanol–water partition coefficient (Wildman–Crippen LogP) is 3.21. The molecule has 0 aromatic heterocycles. The molecule has 0 saturated carbocycles. The van der Waals surface area contributed by atoms with Crippen molar-refractivity contribution >= 4 is 0 Å². The molecule has 106 valence electrons. The van der Waals surface area contributed by atoms with Gasteiger partial charge in [-0.2, -0.15) is 0 Å². The summed E-state index contributed by atoms with van der Waals surface area (Å²) in [6.45, 7) is 10.4. The number of rotatable bonds is 6. The van der Waals surface area contributed by atoms with E-state index < -0.39 is 0 Å². The van der Waals surface area contributed by atoms with Gasteiger partial charge < -0.3 is 5.32 Å². The second-order valence-corrected chi connectivity index (χ2v) is 5.93. The molecule has 0 amide bonds. The second-order valence-electron chi connectivity index (χ2n) is 5.93. The van der Waals surface area contributed by atoms with Crippen LogP contribution in [0.15, 0.2) is 24.3 Å². The summed E-state index contributed by atoms with van der Waals surface area (Å²) in [5, 5.41) is 3.53. The number of hydrogen-bond donors (Lipinski definition) is 1. The first-order valence-electron chi connectivity index (χ1n) is 7.76. The van der Waals surface area contributed by atoms with Crippen molar-refractivity contribution in [2.45, 2.75) is 39.7 Å². The number of piperidine rings is 1. The summed E-state index contributed by atoms with van der Waals surface area (Å²) < 4.78 is 0. The van der Waals surface area contributed by atoms with Crippen LogP contribution in [0.25, 0.3) is 0 Å². The average molecular weight is 260 g/mol. The van der Waals surface area contributed by atoms with E-state index in [9.17, 15) is 0 Å². The highest BCUT2D eigenvalue weighted by Crippen LogP contribution is 2.14. The molecule has 0 spiro atoms. The van der Waals surface area contributed by atoms with E-state index in [0.717, 1.165) is 12.5 Å². The van der Waals surface area contributed by atoms with Crippen LogP contribution in [0.4, 0.5) is 0 Å². The van der Waals surface area contributed by atoms with Crippen molar-refractivity contribution < 1.29 is 0 Å². The van der Waals surface area contributed by atoms with E-state index in [1.54, 1.807) is 0 Å². The number of nitrogens with zero attached hydrogens (tertiary/aromatic N) is 1. The minimum atomic E-state index is 0.839. The maximum Gasteiger partial charge on any atom is 0.0233 e. The summed E-state index contributed by atoms with van der Waals surface area (Å²) in [6, 6.07) is 9.00. The van der Waals surface area contributed by atoms with E-state index >= 15 is 0 Å². The van der Waals surface area contributed by atoms with Crippen molar-refractivity contribution in [3.8, 4) is 0 Å². The molecule has 1 aromatic carbocycles. The summed E-state index contributed by atoms with van der Waals surface area (Å²) in [5.74, 6) is 0.839. The molecule has 0 bridgehead atoms. The van der Waals surface area contributed by atoms with Crippen LogP contribution in [0.1, 0.15) is 37.3 Å². The molecule has 1 unspecified atom stereocenters. The lowest BCUT2D eigenvalue weighted by Crippen LogP contribution is -2.38. The molecule has 1 aromatic rings. The van der Waals surface area contributed by atoms with E-state index in [-0.39, 0.29) is 0 Å². The lowest BCUT2D eigenvalue weighted by Gasteiger charge is -2.30. The Hall–Kier alpha value is -0.860. The van der Waals surface area contributed by atoms with Crippen LogP contribution in [0, 0.1) is 12.8 Å². The van der Waals surface area contributed by atoms with Crippen molar-refractivity contribution in [2.75, 3.05) is 26.2 Å². The van der Waals surface area contributed by atoms with Gasteiger partial charge in [-0.3, -0.25) is 4.90 Å². The third kappa shape index (κ3) is 4.96. The first kappa shape index (κ1) is 14.5. The number of benzene rings is 1. The molecule has 1 aliphatic rings. The minimum absolute atomic E-state index is 0.839. The second kappa shape index (κ2) is 7.66. The lowest BCUT2D eigenvalue weighted by atomic mass is 9.98. The Morgan fingerprint density at radius 1 is 1.26 bits per heavy atom. The summed E-state index contributed by atoms with van der Waals surface area (Å²) in [5.41, 5.74) is 2.80. The van der Waals surface area contributed by atoms with Crippen molar-refractivity contribution in [1.29, 1.82) is 0 Å². The Kier molecular flexibility index (Phi) is 5.87. The zero-order valence-electron chi connectivity index (χ0n) is 12.5. The predicted molar refractivity (Wildman–Crippen MR) is 82.3 cm³/mol. The molecule has 1 N–H and O–H groups in total. The summed E-state index contributed by atoms with van der Waals surface area (Å²) >= 11 is 0. The minimum Gasteiger partial charge on any atom is -0.316 e. The molecule has 2 rings (SSSR count). The van der Waals surface area contributed by atoms with Crippen molar-refractivity contribution in [1.82, 2.24) is 10.2 Å². The summed E-state index contributed by atoms with van der Waals surface area (Å²) in [6.07, 6.45) is 3.97. The van der Waals surface area contributed by atoms with Crippen LogP contribution in [0.3, 0.4) is 0 Å². The molecular formula is C17H28N2. The molecule has 1 aliphatic heterocycles. The molecule has 19 heavy (non-hydrogen) atoms. The van der Waals surface area contributed by atoms with E-state index in [1.807, 2.05) is 0 Å². The average Bonchev–Trinajstić information content (AvgIpc) is 2.43. The first-order chi connectivity index (χ1) is 9.28. The molecule has 1 saturated heterocycles. The maximum absolute atomic E-state index is 3.53. The quantitative estimate of drug-likeness (QED) is 0.845. The van der Waals surface area contributed by atoms with Crippen molar-refractivity contribution in [3.63, 3.8) is 0 Å². The number of hydrogen-bond acceptors (Lipinski definition) is 2. The summed E-state index contributed by atoms with van der Waals surface area (Å²) in [4.78, 5) is 2.63. The smallest absolute Gasteiger partial charge is 0.0233 e. The first-order valence-corrected chi connectivity index (χ1v) is 7.76. The largest absolute Gasteiger partial charge is 0.316 e. The highest BCUT2D eigenvalue weighted by Gasteiger charge is 2.16. The fourth-order valence-electron chi connectivity index (χ4n) is 2.95. The van der Waals surface area contributed by atoms with Gasteiger partial charge in [-0.1, -0.05) is 36.8 Å². The van der Waals surface area contributed by atoms with Gasteiger partial charge in [0.1, 0.15) is 0 Å². The van der Waals surface area contributed by atoms with Crippen molar-refractivity contribution in [2.24, 2.45) is 5.92 Å². The lowest BCUT2D eigenvalue weighted by molar-refractivity contribution is 0.201. The maximum atomic E-state index is 3.53. The van der Waals surface area contributed by atoms with Gasteiger partial charge in [-0.05, 0) is 57.3 Å². The van der Waals surface area contributed by atoms with Crippen LogP contribution in [0.2, 0.25) is 0 Å². The Morgan fingerprint density at radius 3 is 2.68 bits per heavy atom. The van der Waals surface area contributed by atoms with Crippen LogP contribution < -0.4 is 5.32 Å². The van der Waals surface area contributed by atoms with Gasteiger partial charge in [0.2, 0.25) is 0 Å².